The molecule has 20 heavy (non-hydrogen) atoms. The van der Waals surface area contributed by atoms with Gasteiger partial charge in [-0.25, -0.2) is 4.98 Å². The number of benzene rings is 1. The predicted octanol–water partition coefficient (Wildman–Crippen LogP) is 2.80. The number of thiazole rings is 1. The fourth-order valence-electron chi connectivity index (χ4n) is 1.59. The minimum atomic E-state index is 0.333. The molecule has 0 atom stereocenters. The third kappa shape index (κ3) is 4.18. The average molecular weight is 308 g/mol. The highest BCUT2D eigenvalue weighted by Crippen LogP contribution is 2.18. The van der Waals surface area contributed by atoms with Gasteiger partial charge in [-0.15, -0.1) is 11.3 Å². The van der Waals surface area contributed by atoms with Gasteiger partial charge in [0.2, 0.25) is 0 Å². The van der Waals surface area contributed by atoms with Crippen LogP contribution in [-0.2, 0) is 6.42 Å². The molecule has 0 aliphatic rings. The molecule has 4 nitrogen and oxygen atoms in total. The van der Waals surface area contributed by atoms with Crippen molar-refractivity contribution in [2.75, 3.05) is 13.2 Å². The van der Waals surface area contributed by atoms with Gasteiger partial charge in [0.25, 0.3) is 0 Å². The molecule has 0 radical (unpaired) electrons. The van der Waals surface area contributed by atoms with Crippen molar-refractivity contribution in [1.29, 1.82) is 0 Å². The SMILES string of the molecule is CCOc1ccc(OCCc2nc(C(N)=S)cs2)cc1. The van der Waals surface area contributed by atoms with E-state index in [0.717, 1.165) is 22.9 Å². The Balaban J connectivity index is 1.81. The van der Waals surface area contributed by atoms with Crippen molar-refractivity contribution in [3.8, 4) is 11.5 Å². The summed E-state index contributed by atoms with van der Waals surface area (Å²) >= 11 is 6.42. The molecule has 0 fully saturated rings. The van der Waals surface area contributed by atoms with Gasteiger partial charge in [-0.3, -0.25) is 0 Å². The number of hydrogen-bond acceptors (Lipinski definition) is 5. The Morgan fingerprint density at radius 2 is 1.90 bits per heavy atom. The Bertz CT molecular complexity index is 567. The fraction of sp³-hybridized carbons (Fsp3) is 0.286. The van der Waals surface area contributed by atoms with Gasteiger partial charge in [0.1, 0.15) is 22.2 Å². The van der Waals surface area contributed by atoms with E-state index in [2.05, 4.69) is 4.98 Å². The fourth-order valence-corrected chi connectivity index (χ4v) is 2.55. The largest absolute Gasteiger partial charge is 0.494 e. The predicted molar refractivity (Wildman–Crippen MR) is 84.8 cm³/mol. The maximum atomic E-state index is 5.66. The topological polar surface area (TPSA) is 57.4 Å². The highest BCUT2D eigenvalue weighted by Gasteiger charge is 2.04. The molecular formula is C14H16N2O2S2. The van der Waals surface area contributed by atoms with Gasteiger partial charge < -0.3 is 15.2 Å². The van der Waals surface area contributed by atoms with Gasteiger partial charge in [-0.2, -0.15) is 0 Å². The van der Waals surface area contributed by atoms with Crippen LogP contribution in [-0.4, -0.2) is 23.2 Å². The summed E-state index contributed by atoms with van der Waals surface area (Å²) in [7, 11) is 0. The molecule has 0 saturated carbocycles. The molecule has 1 aromatic heterocycles. The molecule has 2 rings (SSSR count). The molecule has 2 aromatic rings. The Hall–Kier alpha value is -1.66. The first kappa shape index (κ1) is 14.7. The smallest absolute Gasteiger partial charge is 0.123 e. The lowest BCUT2D eigenvalue weighted by Crippen LogP contribution is -2.10. The molecule has 0 bridgehead atoms. The summed E-state index contributed by atoms with van der Waals surface area (Å²) < 4.78 is 11.0. The van der Waals surface area contributed by atoms with Crippen molar-refractivity contribution < 1.29 is 9.47 Å². The van der Waals surface area contributed by atoms with Crippen molar-refractivity contribution in [3.05, 3.63) is 40.3 Å². The zero-order valence-corrected chi connectivity index (χ0v) is 12.8. The van der Waals surface area contributed by atoms with Crippen LogP contribution in [0.5, 0.6) is 11.5 Å². The van der Waals surface area contributed by atoms with E-state index >= 15 is 0 Å². The first-order valence-electron chi connectivity index (χ1n) is 6.29. The van der Waals surface area contributed by atoms with Gasteiger partial charge in [-0.1, -0.05) is 12.2 Å². The number of nitrogens with zero attached hydrogens (tertiary/aromatic N) is 1. The summed E-state index contributed by atoms with van der Waals surface area (Å²) in [5.41, 5.74) is 6.20. The van der Waals surface area contributed by atoms with E-state index in [0.29, 0.717) is 23.9 Å². The number of aromatic nitrogens is 1. The molecule has 0 amide bonds. The van der Waals surface area contributed by atoms with Gasteiger partial charge in [-0.05, 0) is 31.2 Å². The van der Waals surface area contributed by atoms with Crippen molar-refractivity contribution in [2.45, 2.75) is 13.3 Å². The number of hydrogen-bond donors (Lipinski definition) is 1. The van der Waals surface area contributed by atoms with E-state index in [1.165, 1.54) is 0 Å². The zero-order valence-electron chi connectivity index (χ0n) is 11.2. The molecule has 0 aliphatic carbocycles. The Morgan fingerprint density at radius 1 is 1.25 bits per heavy atom. The van der Waals surface area contributed by atoms with Crippen LogP contribution in [0.1, 0.15) is 17.6 Å². The molecule has 0 spiro atoms. The van der Waals surface area contributed by atoms with Crippen molar-refractivity contribution in [1.82, 2.24) is 4.98 Å². The molecule has 1 heterocycles. The number of rotatable bonds is 7. The number of nitrogens with two attached hydrogens (primary N) is 1. The van der Waals surface area contributed by atoms with E-state index in [-0.39, 0.29) is 0 Å². The molecule has 2 N–H and O–H groups in total. The minimum Gasteiger partial charge on any atom is -0.494 e. The maximum absolute atomic E-state index is 5.66. The Labute approximate surface area is 127 Å². The van der Waals surface area contributed by atoms with Gasteiger partial charge in [0.15, 0.2) is 0 Å². The lowest BCUT2D eigenvalue weighted by Gasteiger charge is -2.06. The average Bonchev–Trinajstić information content (AvgIpc) is 2.90. The third-order valence-corrected chi connectivity index (χ3v) is 3.64. The van der Waals surface area contributed by atoms with Crippen LogP contribution in [0, 0.1) is 0 Å². The second-order valence-corrected chi connectivity index (χ2v) is 5.38. The van der Waals surface area contributed by atoms with Crippen LogP contribution < -0.4 is 15.2 Å². The normalized spacial score (nSPS) is 10.2. The van der Waals surface area contributed by atoms with Gasteiger partial charge >= 0.3 is 0 Å². The van der Waals surface area contributed by atoms with Crippen LogP contribution in [0.2, 0.25) is 0 Å². The lowest BCUT2D eigenvalue weighted by atomic mass is 10.3. The van der Waals surface area contributed by atoms with E-state index in [9.17, 15) is 0 Å². The second kappa shape index (κ2) is 7.21. The highest BCUT2D eigenvalue weighted by atomic mass is 32.1. The quantitative estimate of drug-likeness (QED) is 0.797. The molecule has 0 aliphatic heterocycles. The Kier molecular flexibility index (Phi) is 5.31. The molecule has 0 unspecified atom stereocenters. The summed E-state index contributed by atoms with van der Waals surface area (Å²) in [5.74, 6) is 1.67. The van der Waals surface area contributed by atoms with E-state index in [1.54, 1.807) is 11.3 Å². The Morgan fingerprint density at radius 3 is 2.45 bits per heavy atom. The van der Waals surface area contributed by atoms with Crippen LogP contribution in [0.3, 0.4) is 0 Å². The van der Waals surface area contributed by atoms with Crippen LogP contribution in [0.4, 0.5) is 0 Å². The summed E-state index contributed by atoms with van der Waals surface area (Å²) in [6, 6.07) is 7.58. The van der Waals surface area contributed by atoms with Crippen molar-refractivity contribution >= 4 is 28.5 Å². The van der Waals surface area contributed by atoms with Crippen LogP contribution in [0.15, 0.2) is 29.6 Å². The molecule has 6 heteroatoms. The number of ether oxygens (including phenoxy) is 2. The highest BCUT2D eigenvalue weighted by molar-refractivity contribution is 7.80. The van der Waals surface area contributed by atoms with Crippen molar-refractivity contribution in [3.63, 3.8) is 0 Å². The summed E-state index contributed by atoms with van der Waals surface area (Å²) in [5, 5.41) is 2.84. The lowest BCUT2D eigenvalue weighted by molar-refractivity contribution is 0.318. The summed E-state index contributed by atoms with van der Waals surface area (Å²) in [6.45, 7) is 3.19. The van der Waals surface area contributed by atoms with Crippen molar-refractivity contribution in [2.24, 2.45) is 5.73 Å². The molecular weight excluding hydrogens is 292 g/mol. The van der Waals surface area contributed by atoms with Gasteiger partial charge in [0, 0.05) is 11.8 Å². The van der Waals surface area contributed by atoms with E-state index in [4.69, 9.17) is 27.4 Å². The zero-order chi connectivity index (χ0) is 14.4. The first-order valence-corrected chi connectivity index (χ1v) is 7.57. The minimum absolute atomic E-state index is 0.333. The standard InChI is InChI=1S/C14H16N2O2S2/c1-2-17-10-3-5-11(6-4-10)18-8-7-13-16-12(9-20-13)14(15)19/h3-6,9H,2,7-8H2,1H3,(H2,15,19). The summed E-state index contributed by atoms with van der Waals surface area (Å²) in [4.78, 5) is 4.66. The molecule has 0 saturated heterocycles. The molecule has 1 aromatic carbocycles. The first-order chi connectivity index (χ1) is 9.69. The third-order valence-electron chi connectivity index (χ3n) is 2.52. The molecule has 106 valence electrons. The van der Waals surface area contributed by atoms with Crippen LogP contribution in [0.25, 0.3) is 0 Å². The summed E-state index contributed by atoms with van der Waals surface area (Å²) in [6.07, 6.45) is 0.737. The number of thiocarbonyl (C=S) groups is 1. The second-order valence-electron chi connectivity index (χ2n) is 3.99. The van der Waals surface area contributed by atoms with Gasteiger partial charge in [0.05, 0.1) is 18.2 Å². The monoisotopic (exact) mass is 308 g/mol. The van der Waals surface area contributed by atoms with E-state index < -0.39 is 0 Å². The van der Waals surface area contributed by atoms with Crippen LogP contribution >= 0.6 is 23.6 Å². The maximum Gasteiger partial charge on any atom is 0.123 e. The van der Waals surface area contributed by atoms with E-state index in [1.807, 2.05) is 36.6 Å².